The molecule has 0 aliphatic rings. The lowest BCUT2D eigenvalue weighted by molar-refractivity contribution is 0.210. The van der Waals surface area contributed by atoms with Crippen LogP contribution in [-0.4, -0.2) is 35.2 Å². The summed E-state index contributed by atoms with van der Waals surface area (Å²) >= 11 is 0. The van der Waals surface area contributed by atoms with Crippen LogP contribution in [0, 0.1) is 0 Å². The zero-order chi connectivity index (χ0) is 15.2. The average Bonchev–Trinajstić information content (AvgIpc) is 2.56. The van der Waals surface area contributed by atoms with Gasteiger partial charge in [-0.3, -0.25) is 4.98 Å². The first-order chi connectivity index (χ1) is 10.9. The van der Waals surface area contributed by atoms with Crippen molar-refractivity contribution in [1.82, 2.24) is 15.0 Å². The van der Waals surface area contributed by atoms with Crippen molar-refractivity contribution in [3.05, 3.63) is 48.8 Å². The van der Waals surface area contributed by atoms with Gasteiger partial charge < -0.3 is 15.4 Å². The summed E-state index contributed by atoms with van der Waals surface area (Å²) in [5.74, 6) is 1.28. The molecule has 1 aromatic carbocycles. The molecule has 0 unspecified atom stereocenters. The maximum absolute atomic E-state index is 5.01. The second kappa shape index (κ2) is 6.82. The van der Waals surface area contributed by atoms with E-state index < -0.39 is 0 Å². The maximum Gasteiger partial charge on any atom is 0.229 e. The maximum atomic E-state index is 5.01. The van der Waals surface area contributed by atoms with Crippen LogP contribution in [-0.2, 0) is 4.74 Å². The summed E-state index contributed by atoms with van der Waals surface area (Å²) < 4.78 is 5.01. The molecule has 0 fully saturated rings. The van der Waals surface area contributed by atoms with E-state index in [2.05, 4.69) is 25.6 Å². The number of nitrogens with zero attached hydrogens (tertiary/aromatic N) is 3. The number of para-hydroxylation sites is 1. The van der Waals surface area contributed by atoms with Crippen molar-refractivity contribution in [2.75, 3.05) is 30.9 Å². The Labute approximate surface area is 128 Å². The van der Waals surface area contributed by atoms with E-state index in [4.69, 9.17) is 4.74 Å². The number of aromatic nitrogens is 3. The SMILES string of the molecule is COCCNc1ccnc(Nc2cccc3cccnc23)n1. The molecule has 0 saturated heterocycles. The molecule has 0 saturated carbocycles. The highest BCUT2D eigenvalue weighted by atomic mass is 16.5. The number of pyridine rings is 1. The van der Waals surface area contributed by atoms with E-state index in [0.717, 1.165) is 22.4 Å². The zero-order valence-corrected chi connectivity index (χ0v) is 12.3. The summed E-state index contributed by atoms with van der Waals surface area (Å²) in [6.45, 7) is 1.32. The smallest absolute Gasteiger partial charge is 0.229 e. The molecular formula is C16H17N5O. The predicted octanol–water partition coefficient (Wildman–Crippen LogP) is 2.83. The molecule has 2 heterocycles. The van der Waals surface area contributed by atoms with Crippen molar-refractivity contribution >= 4 is 28.4 Å². The Balaban J connectivity index is 1.81. The summed E-state index contributed by atoms with van der Waals surface area (Å²) in [5.41, 5.74) is 1.78. The van der Waals surface area contributed by atoms with Crippen LogP contribution in [0.15, 0.2) is 48.8 Å². The lowest BCUT2D eigenvalue weighted by Gasteiger charge is -2.09. The van der Waals surface area contributed by atoms with Gasteiger partial charge in [-0.2, -0.15) is 4.98 Å². The van der Waals surface area contributed by atoms with Crippen LogP contribution < -0.4 is 10.6 Å². The van der Waals surface area contributed by atoms with Gasteiger partial charge in [-0.05, 0) is 18.2 Å². The topological polar surface area (TPSA) is 72.0 Å². The Bertz CT molecular complexity index is 757. The highest BCUT2D eigenvalue weighted by Crippen LogP contribution is 2.23. The number of fused-ring (bicyclic) bond motifs is 1. The van der Waals surface area contributed by atoms with Crippen molar-refractivity contribution in [3.8, 4) is 0 Å². The van der Waals surface area contributed by atoms with Crippen molar-refractivity contribution in [3.63, 3.8) is 0 Å². The third kappa shape index (κ3) is 3.29. The Morgan fingerprint density at radius 3 is 2.86 bits per heavy atom. The number of anilines is 3. The highest BCUT2D eigenvalue weighted by Gasteiger charge is 2.04. The van der Waals surface area contributed by atoms with Crippen LogP contribution >= 0.6 is 0 Å². The van der Waals surface area contributed by atoms with Gasteiger partial charge in [0.1, 0.15) is 5.82 Å². The van der Waals surface area contributed by atoms with Crippen molar-refractivity contribution in [1.29, 1.82) is 0 Å². The number of benzene rings is 1. The third-order valence-corrected chi connectivity index (χ3v) is 3.15. The van der Waals surface area contributed by atoms with Gasteiger partial charge in [0.25, 0.3) is 0 Å². The highest BCUT2D eigenvalue weighted by molar-refractivity contribution is 5.91. The predicted molar refractivity (Wildman–Crippen MR) is 87.4 cm³/mol. The Morgan fingerprint density at radius 1 is 1.05 bits per heavy atom. The van der Waals surface area contributed by atoms with Crippen LogP contribution in [0.4, 0.5) is 17.5 Å². The Hall–Kier alpha value is -2.73. The quantitative estimate of drug-likeness (QED) is 0.681. The molecule has 0 aliphatic heterocycles. The first-order valence-electron chi connectivity index (χ1n) is 7.03. The molecule has 0 radical (unpaired) electrons. The number of hydrogen-bond donors (Lipinski definition) is 2. The number of nitrogens with one attached hydrogen (secondary N) is 2. The molecule has 22 heavy (non-hydrogen) atoms. The summed E-state index contributed by atoms with van der Waals surface area (Å²) in [5, 5.41) is 7.47. The molecule has 0 atom stereocenters. The molecule has 6 nitrogen and oxygen atoms in total. The standard InChI is InChI=1S/C16H17N5O/c1-22-11-10-17-14-7-9-19-16(21-14)20-13-6-2-4-12-5-3-8-18-15(12)13/h2-9H,10-11H2,1H3,(H2,17,19,20,21). The van der Waals surface area contributed by atoms with Crippen LogP contribution in [0.5, 0.6) is 0 Å². The summed E-state index contributed by atoms with van der Waals surface area (Å²) in [6, 6.07) is 11.7. The molecule has 2 aromatic heterocycles. The fourth-order valence-electron chi connectivity index (χ4n) is 2.12. The fourth-order valence-corrected chi connectivity index (χ4v) is 2.12. The monoisotopic (exact) mass is 295 g/mol. The van der Waals surface area contributed by atoms with Gasteiger partial charge in [0, 0.05) is 31.4 Å². The minimum Gasteiger partial charge on any atom is -0.383 e. The number of hydrogen-bond acceptors (Lipinski definition) is 6. The van der Waals surface area contributed by atoms with Gasteiger partial charge in [0.2, 0.25) is 5.95 Å². The van der Waals surface area contributed by atoms with Crippen LogP contribution in [0.2, 0.25) is 0 Å². The fraction of sp³-hybridized carbons (Fsp3) is 0.188. The molecule has 3 rings (SSSR count). The molecule has 0 spiro atoms. The Morgan fingerprint density at radius 2 is 1.95 bits per heavy atom. The van der Waals surface area contributed by atoms with Crippen molar-refractivity contribution in [2.24, 2.45) is 0 Å². The molecular weight excluding hydrogens is 278 g/mol. The minimum absolute atomic E-state index is 0.528. The second-order valence-corrected chi connectivity index (χ2v) is 4.69. The molecule has 2 N–H and O–H groups in total. The first-order valence-corrected chi connectivity index (χ1v) is 7.03. The molecule has 0 bridgehead atoms. The first kappa shape index (κ1) is 14.2. The van der Waals surface area contributed by atoms with Gasteiger partial charge in [0.15, 0.2) is 0 Å². The lowest BCUT2D eigenvalue weighted by Crippen LogP contribution is -2.09. The summed E-state index contributed by atoms with van der Waals surface area (Å²) in [7, 11) is 1.67. The van der Waals surface area contributed by atoms with Crippen LogP contribution in [0.25, 0.3) is 10.9 Å². The summed E-state index contributed by atoms with van der Waals surface area (Å²) in [6.07, 6.45) is 3.49. The number of ether oxygens (including phenoxy) is 1. The summed E-state index contributed by atoms with van der Waals surface area (Å²) in [4.78, 5) is 13.1. The lowest BCUT2D eigenvalue weighted by atomic mass is 10.2. The van der Waals surface area contributed by atoms with Crippen molar-refractivity contribution in [2.45, 2.75) is 0 Å². The normalized spacial score (nSPS) is 10.6. The van der Waals surface area contributed by atoms with E-state index in [-0.39, 0.29) is 0 Å². The van der Waals surface area contributed by atoms with E-state index >= 15 is 0 Å². The van der Waals surface area contributed by atoms with Gasteiger partial charge >= 0.3 is 0 Å². The van der Waals surface area contributed by atoms with E-state index in [0.29, 0.717) is 19.1 Å². The largest absolute Gasteiger partial charge is 0.383 e. The number of methoxy groups -OCH3 is 1. The van der Waals surface area contributed by atoms with Crippen LogP contribution in [0.3, 0.4) is 0 Å². The molecule has 3 aromatic rings. The second-order valence-electron chi connectivity index (χ2n) is 4.69. The average molecular weight is 295 g/mol. The molecule has 112 valence electrons. The van der Waals surface area contributed by atoms with Crippen LogP contribution in [0.1, 0.15) is 0 Å². The van der Waals surface area contributed by atoms with Gasteiger partial charge in [0.05, 0.1) is 17.8 Å². The molecule has 6 heteroatoms. The van der Waals surface area contributed by atoms with Gasteiger partial charge in [-0.15, -0.1) is 0 Å². The van der Waals surface area contributed by atoms with E-state index in [1.807, 2.05) is 36.4 Å². The van der Waals surface area contributed by atoms with Gasteiger partial charge in [-0.1, -0.05) is 18.2 Å². The van der Waals surface area contributed by atoms with Crippen molar-refractivity contribution < 1.29 is 4.74 Å². The van der Waals surface area contributed by atoms with Gasteiger partial charge in [-0.25, -0.2) is 4.98 Å². The minimum atomic E-state index is 0.528. The zero-order valence-electron chi connectivity index (χ0n) is 12.3. The number of rotatable bonds is 6. The third-order valence-electron chi connectivity index (χ3n) is 3.15. The van der Waals surface area contributed by atoms with E-state index in [1.54, 1.807) is 19.5 Å². The van der Waals surface area contributed by atoms with E-state index in [1.165, 1.54) is 0 Å². The van der Waals surface area contributed by atoms with E-state index in [9.17, 15) is 0 Å². The molecule has 0 amide bonds. The molecule has 0 aliphatic carbocycles. The Kier molecular flexibility index (Phi) is 4.41.